The molecule has 0 saturated carbocycles. The minimum atomic E-state index is -1.14. The summed E-state index contributed by atoms with van der Waals surface area (Å²) in [7, 11) is 0. The second kappa shape index (κ2) is 5.15. The molecule has 0 fully saturated rings. The first-order valence-corrected chi connectivity index (χ1v) is 4.93. The molecule has 1 heterocycles. The lowest BCUT2D eigenvalue weighted by atomic mass is 10.2. The lowest BCUT2D eigenvalue weighted by molar-refractivity contribution is -0.118. The lowest BCUT2D eigenvalue weighted by Crippen LogP contribution is -2.25. The summed E-state index contributed by atoms with van der Waals surface area (Å²) in [6, 6.07) is 0.996. The van der Waals surface area contributed by atoms with Crippen LogP contribution in [0.5, 0.6) is 0 Å². The van der Waals surface area contributed by atoms with Crippen LogP contribution in [0.25, 0.3) is 0 Å². The van der Waals surface area contributed by atoms with Gasteiger partial charge < -0.3 is 21.9 Å². The van der Waals surface area contributed by atoms with Gasteiger partial charge in [-0.25, -0.2) is 9.78 Å². The summed E-state index contributed by atoms with van der Waals surface area (Å²) in [5, 5.41) is 11.8. The van der Waals surface area contributed by atoms with Gasteiger partial charge >= 0.3 is 5.97 Å². The van der Waals surface area contributed by atoms with E-state index in [1.807, 2.05) is 0 Å². The number of primary amides is 1. The number of hydrogen-bond donors (Lipinski definition) is 4. The fourth-order valence-corrected chi connectivity index (χ4v) is 1.35. The van der Waals surface area contributed by atoms with Gasteiger partial charge in [-0.3, -0.25) is 4.79 Å². The Balaban J connectivity index is 2.90. The van der Waals surface area contributed by atoms with Crippen LogP contribution in [0.2, 0.25) is 0 Å². The van der Waals surface area contributed by atoms with E-state index in [1.54, 1.807) is 6.92 Å². The third-order valence-corrected chi connectivity index (χ3v) is 2.03. The predicted molar refractivity (Wildman–Crippen MR) is 62.5 cm³/mol. The maximum Gasteiger partial charge on any atom is 0.339 e. The SMILES string of the molecule is CC(CC(N)=O)Nc1ncc(N)cc1C(=O)O. The Morgan fingerprint density at radius 2 is 2.24 bits per heavy atom. The second-order valence-corrected chi connectivity index (χ2v) is 3.69. The van der Waals surface area contributed by atoms with E-state index in [0.29, 0.717) is 0 Å². The third-order valence-electron chi connectivity index (χ3n) is 2.03. The molecular formula is C10H14N4O3. The molecule has 6 N–H and O–H groups in total. The van der Waals surface area contributed by atoms with E-state index in [2.05, 4.69) is 10.3 Å². The number of aromatic nitrogens is 1. The predicted octanol–water partition coefficient (Wildman–Crippen LogP) is 0.0378. The van der Waals surface area contributed by atoms with Crippen LogP contribution >= 0.6 is 0 Å². The van der Waals surface area contributed by atoms with Gasteiger partial charge in [0.25, 0.3) is 0 Å². The normalized spacial score (nSPS) is 11.8. The van der Waals surface area contributed by atoms with Crippen molar-refractivity contribution in [2.75, 3.05) is 11.1 Å². The number of rotatable bonds is 5. The van der Waals surface area contributed by atoms with E-state index in [4.69, 9.17) is 16.6 Å². The zero-order valence-corrected chi connectivity index (χ0v) is 9.30. The Morgan fingerprint density at radius 1 is 1.59 bits per heavy atom. The average Bonchev–Trinajstić information content (AvgIpc) is 2.19. The van der Waals surface area contributed by atoms with E-state index < -0.39 is 11.9 Å². The molecule has 0 radical (unpaired) electrons. The number of carboxylic acids is 1. The van der Waals surface area contributed by atoms with Crippen molar-refractivity contribution >= 4 is 23.4 Å². The molecular weight excluding hydrogens is 224 g/mol. The first-order chi connectivity index (χ1) is 7.90. The molecule has 1 unspecified atom stereocenters. The Kier molecular flexibility index (Phi) is 3.86. The van der Waals surface area contributed by atoms with Crippen LogP contribution in [0.15, 0.2) is 12.3 Å². The molecule has 0 bridgehead atoms. The van der Waals surface area contributed by atoms with Crippen LogP contribution in [-0.4, -0.2) is 28.0 Å². The number of pyridine rings is 1. The zero-order valence-electron chi connectivity index (χ0n) is 9.30. The van der Waals surface area contributed by atoms with Gasteiger partial charge in [0.15, 0.2) is 0 Å². The topological polar surface area (TPSA) is 131 Å². The highest BCUT2D eigenvalue weighted by atomic mass is 16.4. The van der Waals surface area contributed by atoms with Crippen molar-refractivity contribution in [3.8, 4) is 0 Å². The summed E-state index contributed by atoms with van der Waals surface area (Å²) in [5.41, 5.74) is 10.7. The Morgan fingerprint density at radius 3 is 2.76 bits per heavy atom. The van der Waals surface area contributed by atoms with Gasteiger partial charge in [-0.1, -0.05) is 0 Å². The largest absolute Gasteiger partial charge is 0.478 e. The van der Waals surface area contributed by atoms with Crippen molar-refractivity contribution in [3.63, 3.8) is 0 Å². The van der Waals surface area contributed by atoms with Crippen molar-refractivity contribution in [1.82, 2.24) is 4.98 Å². The summed E-state index contributed by atoms with van der Waals surface area (Å²) in [6.45, 7) is 1.70. The van der Waals surface area contributed by atoms with Crippen LogP contribution in [0.1, 0.15) is 23.7 Å². The summed E-state index contributed by atoms with van der Waals surface area (Å²) >= 11 is 0. The highest BCUT2D eigenvalue weighted by Gasteiger charge is 2.14. The van der Waals surface area contributed by atoms with Crippen LogP contribution in [0, 0.1) is 0 Å². The summed E-state index contributed by atoms with van der Waals surface area (Å²) in [4.78, 5) is 25.5. The van der Waals surface area contributed by atoms with E-state index in [0.717, 1.165) is 0 Å². The molecule has 1 rings (SSSR count). The molecule has 0 aliphatic heterocycles. The molecule has 0 aliphatic carbocycles. The number of carbonyl (C=O) groups excluding carboxylic acids is 1. The van der Waals surface area contributed by atoms with Gasteiger partial charge in [-0.05, 0) is 13.0 Å². The third kappa shape index (κ3) is 3.63. The number of nitrogens with one attached hydrogen (secondary N) is 1. The minimum absolute atomic E-state index is 0.0404. The summed E-state index contributed by atoms with van der Waals surface area (Å²) in [6.07, 6.45) is 1.43. The maximum absolute atomic E-state index is 11.0. The smallest absolute Gasteiger partial charge is 0.339 e. The number of nitrogens with zero attached hydrogens (tertiary/aromatic N) is 1. The van der Waals surface area contributed by atoms with Crippen LogP contribution in [0.4, 0.5) is 11.5 Å². The highest BCUT2D eigenvalue weighted by Crippen LogP contribution is 2.16. The number of hydrogen-bond acceptors (Lipinski definition) is 5. The highest BCUT2D eigenvalue weighted by molar-refractivity contribution is 5.94. The molecule has 0 saturated heterocycles. The molecule has 17 heavy (non-hydrogen) atoms. The molecule has 7 heteroatoms. The number of aromatic carboxylic acids is 1. The molecule has 92 valence electrons. The standard InChI is InChI=1S/C10H14N4O3/c1-5(2-8(12)15)14-9-7(10(16)17)3-6(11)4-13-9/h3-5H,2,11H2,1H3,(H2,12,15)(H,13,14)(H,16,17). The van der Waals surface area contributed by atoms with Gasteiger partial charge in [0.2, 0.25) is 5.91 Å². The van der Waals surface area contributed by atoms with E-state index >= 15 is 0 Å². The maximum atomic E-state index is 11.0. The number of amides is 1. The summed E-state index contributed by atoms with van der Waals surface area (Å²) < 4.78 is 0. The zero-order chi connectivity index (χ0) is 13.0. The van der Waals surface area contributed by atoms with Crippen molar-refractivity contribution in [2.45, 2.75) is 19.4 Å². The Labute approximate surface area is 97.8 Å². The number of carbonyl (C=O) groups is 2. The van der Waals surface area contributed by atoms with Gasteiger partial charge in [-0.2, -0.15) is 0 Å². The van der Waals surface area contributed by atoms with Gasteiger partial charge in [0.1, 0.15) is 11.4 Å². The Bertz CT molecular complexity index is 447. The fourth-order valence-electron chi connectivity index (χ4n) is 1.35. The first kappa shape index (κ1) is 12.8. The average molecular weight is 238 g/mol. The molecule has 0 aromatic carbocycles. The van der Waals surface area contributed by atoms with Gasteiger partial charge in [-0.15, -0.1) is 0 Å². The lowest BCUT2D eigenvalue weighted by Gasteiger charge is -2.14. The monoisotopic (exact) mass is 238 g/mol. The van der Waals surface area contributed by atoms with Crippen LogP contribution in [-0.2, 0) is 4.79 Å². The van der Waals surface area contributed by atoms with Crippen LogP contribution < -0.4 is 16.8 Å². The Hall–Kier alpha value is -2.31. The molecule has 7 nitrogen and oxygen atoms in total. The second-order valence-electron chi connectivity index (χ2n) is 3.69. The van der Waals surface area contributed by atoms with Crippen molar-refractivity contribution < 1.29 is 14.7 Å². The number of anilines is 2. The quantitative estimate of drug-likeness (QED) is 0.572. The molecule has 0 aliphatic rings. The number of carboxylic acid groups (broad SMARTS) is 1. The van der Waals surface area contributed by atoms with Crippen molar-refractivity contribution in [3.05, 3.63) is 17.8 Å². The van der Waals surface area contributed by atoms with Crippen molar-refractivity contribution in [2.24, 2.45) is 5.73 Å². The molecule has 1 aromatic heterocycles. The molecule has 1 aromatic rings. The molecule has 0 spiro atoms. The van der Waals surface area contributed by atoms with Gasteiger partial charge in [0.05, 0.1) is 11.9 Å². The summed E-state index contributed by atoms with van der Waals surface area (Å²) in [5.74, 6) is -1.45. The van der Waals surface area contributed by atoms with E-state index in [9.17, 15) is 9.59 Å². The number of nitrogen functional groups attached to an aromatic ring is 1. The van der Waals surface area contributed by atoms with E-state index in [-0.39, 0.29) is 29.5 Å². The first-order valence-electron chi connectivity index (χ1n) is 4.93. The number of nitrogens with two attached hydrogens (primary N) is 2. The van der Waals surface area contributed by atoms with E-state index in [1.165, 1.54) is 12.3 Å². The molecule has 1 atom stereocenters. The van der Waals surface area contributed by atoms with Crippen molar-refractivity contribution in [1.29, 1.82) is 0 Å². The van der Waals surface area contributed by atoms with Crippen LogP contribution in [0.3, 0.4) is 0 Å². The minimum Gasteiger partial charge on any atom is -0.478 e. The fraction of sp³-hybridized carbons (Fsp3) is 0.300. The van der Waals surface area contributed by atoms with Gasteiger partial charge in [0, 0.05) is 12.5 Å². The molecule has 1 amide bonds.